The van der Waals surface area contributed by atoms with Gasteiger partial charge in [0, 0.05) is 23.1 Å². The second-order valence-corrected chi connectivity index (χ2v) is 6.57. The number of rotatable bonds is 2. The molecule has 0 radical (unpaired) electrons. The van der Waals surface area contributed by atoms with E-state index in [4.69, 9.17) is 0 Å². The van der Waals surface area contributed by atoms with Gasteiger partial charge in [0.25, 0.3) is 0 Å². The van der Waals surface area contributed by atoms with Crippen LogP contribution in [0.4, 0.5) is 0 Å². The van der Waals surface area contributed by atoms with E-state index in [9.17, 15) is 0 Å². The standard InChI is InChI=1S/C14H21NS/c1-10(2)14-13(15-9-11(3)16-14)12-7-5-4-6-8-12/h4-8,10-11,13-15H,9H2,1-3H3. The number of hydrogen-bond donors (Lipinski definition) is 1. The van der Waals surface area contributed by atoms with Crippen LogP contribution in [0.15, 0.2) is 30.3 Å². The van der Waals surface area contributed by atoms with Gasteiger partial charge in [-0.05, 0) is 11.5 Å². The van der Waals surface area contributed by atoms with Crippen LogP contribution in [-0.4, -0.2) is 17.0 Å². The van der Waals surface area contributed by atoms with E-state index >= 15 is 0 Å². The van der Waals surface area contributed by atoms with Crippen molar-refractivity contribution in [2.75, 3.05) is 6.54 Å². The average Bonchev–Trinajstić information content (AvgIpc) is 2.30. The van der Waals surface area contributed by atoms with Gasteiger partial charge >= 0.3 is 0 Å². The maximum absolute atomic E-state index is 3.70. The number of thioether (sulfide) groups is 1. The minimum Gasteiger partial charge on any atom is -0.308 e. The lowest BCUT2D eigenvalue weighted by atomic mass is 9.96. The second-order valence-electron chi connectivity index (χ2n) is 4.95. The normalized spacial score (nSPS) is 30.6. The Morgan fingerprint density at radius 3 is 2.56 bits per heavy atom. The van der Waals surface area contributed by atoms with Crippen LogP contribution in [0.25, 0.3) is 0 Å². The van der Waals surface area contributed by atoms with Gasteiger partial charge in [0.1, 0.15) is 0 Å². The minimum atomic E-state index is 0.516. The highest BCUT2D eigenvalue weighted by atomic mass is 32.2. The van der Waals surface area contributed by atoms with Crippen molar-refractivity contribution in [3.05, 3.63) is 35.9 Å². The molecule has 3 atom stereocenters. The van der Waals surface area contributed by atoms with Crippen LogP contribution in [0.3, 0.4) is 0 Å². The molecule has 1 saturated heterocycles. The first-order chi connectivity index (χ1) is 7.68. The summed E-state index contributed by atoms with van der Waals surface area (Å²) in [6.07, 6.45) is 0. The zero-order valence-corrected chi connectivity index (χ0v) is 11.1. The van der Waals surface area contributed by atoms with Crippen molar-refractivity contribution in [1.29, 1.82) is 0 Å². The number of nitrogens with one attached hydrogen (secondary N) is 1. The van der Waals surface area contributed by atoms with Crippen LogP contribution in [0.5, 0.6) is 0 Å². The van der Waals surface area contributed by atoms with Crippen molar-refractivity contribution >= 4 is 11.8 Å². The van der Waals surface area contributed by atoms with E-state index in [2.05, 4.69) is 68.2 Å². The maximum atomic E-state index is 3.70. The molecule has 0 bridgehead atoms. The van der Waals surface area contributed by atoms with Crippen LogP contribution in [0, 0.1) is 5.92 Å². The fourth-order valence-electron chi connectivity index (χ4n) is 2.31. The third-order valence-electron chi connectivity index (χ3n) is 3.16. The van der Waals surface area contributed by atoms with Gasteiger partial charge in [0.15, 0.2) is 0 Å². The Morgan fingerprint density at radius 2 is 1.94 bits per heavy atom. The average molecular weight is 235 g/mol. The summed E-state index contributed by atoms with van der Waals surface area (Å²) < 4.78 is 0. The van der Waals surface area contributed by atoms with Crippen molar-refractivity contribution in [3.8, 4) is 0 Å². The lowest BCUT2D eigenvalue weighted by Gasteiger charge is -2.38. The molecule has 0 aromatic heterocycles. The highest BCUT2D eigenvalue weighted by molar-refractivity contribution is 8.00. The summed E-state index contributed by atoms with van der Waals surface area (Å²) in [7, 11) is 0. The summed E-state index contributed by atoms with van der Waals surface area (Å²) in [5.74, 6) is 0.713. The predicted molar refractivity (Wildman–Crippen MR) is 72.9 cm³/mol. The Kier molecular flexibility index (Phi) is 3.93. The van der Waals surface area contributed by atoms with E-state index in [1.54, 1.807) is 0 Å². The molecule has 1 heterocycles. The smallest absolute Gasteiger partial charge is 0.0443 e. The molecular formula is C14H21NS. The van der Waals surface area contributed by atoms with E-state index in [0.29, 0.717) is 17.2 Å². The van der Waals surface area contributed by atoms with E-state index in [1.165, 1.54) is 5.56 Å². The minimum absolute atomic E-state index is 0.516. The summed E-state index contributed by atoms with van der Waals surface area (Å²) in [6, 6.07) is 11.4. The van der Waals surface area contributed by atoms with Gasteiger partial charge in [-0.3, -0.25) is 0 Å². The molecular weight excluding hydrogens is 214 g/mol. The van der Waals surface area contributed by atoms with Gasteiger partial charge in [-0.25, -0.2) is 0 Å². The highest BCUT2D eigenvalue weighted by Crippen LogP contribution is 2.37. The summed E-state index contributed by atoms with van der Waals surface area (Å²) in [6.45, 7) is 8.09. The SMILES string of the molecule is CC1CNC(c2ccccc2)C(C(C)C)S1. The van der Waals surface area contributed by atoms with E-state index in [0.717, 1.165) is 11.8 Å². The first-order valence-corrected chi connectivity index (χ1v) is 7.06. The van der Waals surface area contributed by atoms with Gasteiger partial charge < -0.3 is 5.32 Å². The van der Waals surface area contributed by atoms with Gasteiger partial charge in [0.2, 0.25) is 0 Å². The molecule has 1 N–H and O–H groups in total. The van der Waals surface area contributed by atoms with Crippen LogP contribution >= 0.6 is 11.8 Å². The van der Waals surface area contributed by atoms with E-state index < -0.39 is 0 Å². The van der Waals surface area contributed by atoms with Crippen molar-refractivity contribution < 1.29 is 0 Å². The van der Waals surface area contributed by atoms with Crippen molar-refractivity contribution in [2.24, 2.45) is 5.92 Å². The van der Waals surface area contributed by atoms with Crippen LogP contribution < -0.4 is 5.32 Å². The lowest BCUT2D eigenvalue weighted by molar-refractivity contribution is 0.428. The van der Waals surface area contributed by atoms with Gasteiger partial charge in [-0.1, -0.05) is 51.1 Å². The van der Waals surface area contributed by atoms with Crippen LogP contribution in [0.2, 0.25) is 0 Å². The molecule has 1 nitrogen and oxygen atoms in total. The monoisotopic (exact) mass is 235 g/mol. The molecule has 0 amide bonds. The molecule has 16 heavy (non-hydrogen) atoms. The predicted octanol–water partition coefficient (Wildman–Crippen LogP) is 3.48. The summed E-state index contributed by atoms with van der Waals surface area (Å²) in [5, 5.41) is 5.11. The molecule has 2 rings (SSSR count). The zero-order valence-electron chi connectivity index (χ0n) is 10.3. The Labute approximate surface area is 103 Å². The van der Waals surface area contributed by atoms with Gasteiger partial charge in [-0.2, -0.15) is 11.8 Å². The Bertz CT molecular complexity index is 323. The third kappa shape index (κ3) is 2.61. The molecule has 88 valence electrons. The summed E-state index contributed by atoms with van der Waals surface area (Å²) >= 11 is 2.13. The number of benzene rings is 1. The third-order valence-corrected chi connectivity index (χ3v) is 4.92. The van der Waals surface area contributed by atoms with E-state index in [1.807, 2.05) is 0 Å². The molecule has 1 aromatic rings. The molecule has 0 saturated carbocycles. The summed E-state index contributed by atoms with van der Waals surface area (Å²) in [4.78, 5) is 0. The molecule has 0 spiro atoms. The van der Waals surface area contributed by atoms with Crippen LogP contribution in [0.1, 0.15) is 32.4 Å². The fraction of sp³-hybridized carbons (Fsp3) is 0.571. The van der Waals surface area contributed by atoms with Crippen molar-refractivity contribution in [1.82, 2.24) is 5.32 Å². The van der Waals surface area contributed by atoms with E-state index in [-0.39, 0.29) is 0 Å². The lowest BCUT2D eigenvalue weighted by Crippen LogP contribution is -2.42. The molecule has 3 unspecified atom stereocenters. The molecule has 2 heteroatoms. The molecule has 1 aliphatic heterocycles. The first kappa shape index (κ1) is 12.0. The van der Waals surface area contributed by atoms with Crippen molar-refractivity contribution in [2.45, 2.75) is 37.3 Å². The Balaban J connectivity index is 2.19. The second kappa shape index (κ2) is 5.24. The molecule has 1 fully saturated rings. The molecule has 1 aromatic carbocycles. The first-order valence-electron chi connectivity index (χ1n) is 6.12. The highest BCUT2D eigenvalue weighted by Gasteiger charge is 2.31. The Morgan fingerprint density at radius 1 is 1.25 bits per heavy atom. The van der Waals surface area contributed by atoms with Gasteiger partial charge in [0.05, 0.1) is 0 Å². The summed E-state index contributed by atoms with van der Waals surface area (Å²) in [5.41, 5.74) is 1.43. The molecule has 1 aliphatic rings. The van der Waals surface area contributed by atoms with Gasteiger partial charge in [-0.15, -0.1) is 0 Å². The topological polar surface area (TPSA) is 12.0 Å². The fourth-order valence-corrected chi connectivity index (χ4v) is 3.77. The van der Waals surface area contributed by atoms with Crippen LogP contribution in [-0.2, 0) is 0 Å². The largest absolute Gasteiger partial charge is 0.308 e. The zero-order chi connectivity index (χ0) is 11.5. The maximum Gasteiger partial charge on any atom is 0.0443 e. The Hall–Kier alpha value is -0.470. The quantitative estimate of drug-likeness (QED) is 0.842. The molecule has 0 aliphatic carbocycles. The number of hydrogen-bond acceptors (Lipinski definition) is 2. The van der Waals surface area contributed by atoms with Crippen molar-refractivity contribution in [3.63, 3.8) is 0 Å².